The standard InChI is InChI=1S/C23H31N3O3/c1-3-24-23(25-14-20-10-7-11-21(28-2)22(20)27)26-13-12-19(15-26)17-29-16-18-8-5-4-6-9-18/h4-11,19,27H,3,12-17H2,1-2H3,(H,24,25). The second-order valence-electron chi connectivity index (χ2n) is 7.24. The summed E-state index contributed by atoms with van der Waals surface area (Å²) in [5.41, 5.74) is 1.96. The van der Waals surface area contributed by atoms with E-state index in [0.29, 0.717) is 24.8 Å². The second kappa shape index (κ2) is 10.7. The van der Waals surface area contributed by atoms with Crippen molar-refractivity contribution in [1.29, 1.82) is 0 Å². The number of benzene rings is 2. The van der Waals surface area contributed by atoms with Crippen LogP contribution in [0.1, 0.15) is 24.5 Å². The van der Waals surface area contributed by atoms with Gasteiger partial charge in [0.05, 0.1) is 26.9 Å². The molecule has 1 fully saturated rings. The number of aliphatic imine (C=N–C) groups is 1. The van der Waals surface area contributed by atoms with Gasteiger partial charge in [-0.15, -0.1) is 0 Å². The molecule has 1 aliphatic rings. The van der Waals surface area contributed by atoms with Crippen LogP contribution in [0.5, 0.6) is 11.5 Å². The quantitative estimate of drug-likeness (QED) is 0.528. The van der Waals surface area contributed by atoms with E-state index in [1.165, 1.54) is 5.56 Å². The molecular weight excluding hydrogens is 366 g/mol. The minimum Gasteiger partial charge on any atom is -0.504 e. The third-order valence-electron chi connectivity index (χ3n) is 5.09. The summed E-state index contributed by atoms with van der Waals surface area (Å²) in [4.78, 5) is 7.01. The topological polar surface area (TPSA) is 66.3 Å². The van der Waals surface area contributed by atoms with Gasteiger partial charge in [0.15, 0.2) is 17.5 Å². The van der Waals surface area contributed by atoms with Crippen molar-refractivity contribution in [1.82, 2.24) is 10.2 Å². The number of likely N-dealkylation sites (tertiary alicyclic amines) is 1. The number of para-hydroxylation sites is 1. The lowest BCUT2D eigenvalue weighted by Crippen LogP contribution is -2.40. The molecule has 156 valence electrons. The van der Waals surface area contributed by atoms with Crippen molar-refractivity contribution in [3.63, 3.8) is 0 Å². The highest BCUT2D eigenvalue weighted by Crippen LogP contribution is 2.29. The Hall–Kier alpha value is -2.73. The maximum absolute atomic E-state index is 10.3. The Kier molecular flexibility index (Phi) is 7.76. The Morgan fingerprint density at radius 1 is 1.21 bits per heavy atom. The Morgan fingerprint density at radius 2 is 2.03 bits per heavy atom. The van der Waals surface area contributed by atoms with Gasteiger partial charge in [-0.3, -0.25) is 0 Å². The van der Waals surface area contributed by atoms with Gasteiger partial charge in [-0.1, -0.05) is 42.5 Å². The van der Waals surface area contributed by atoms with Gasteiger partial charge in [0.25, 0.3) is 0 Å². The Bertz CT molecular complexity index is 795. The lowest BCUT2D eigenvalue weighted by atomic mass is 10.1. The van der Waals surface area contributed by atoms with Crippen LogP contribution in [0.15, 0.2) is 53.5 Å². The van der Waals surface area contributed by atoms with Crippen molar-refractivity contribution in [2.24, 2.45) is 10.9 Å². The highest BCUT2D eigenvalue weighted by Gasteiger charge is 2.25. The van der Waals surface area contributed by atoms with Gasteiger partial charge in [-0.25, -0.2) is 4.99 Å². The Balaban J connectivity index is 1.54. The molecule has 0 aromatic heterocycles. The molecule has 1 atom stereocenters. The SMILES string of the molecule is CCNC(=NCc1cccc(OC)c1O)N1CCC(COCc2ccccc2)C1. The molecule has 29 heavy (non-hydrogen) atoms. The summed E-state index contributed by atoms with van der Waals surface area (Å²) in [5.74, 6) is 2.00. The maximum Gasteiger partial charge on any atom is 0.194 e. The molecule has 1 aliphatic heterocycles. The van der Waals surface area contributed by atoms with Crippen molar-refractivity contribution in [2.75, 3.05) is 33.4 Å². The van der Waals surface area contributed by atoms with E-state index in [4.69, 9.17) is 14.5 Å². The molecule has 2 aromatic rings. The summed E-state index contributed by atoms with van der Waals surface area (Å²) < 4.78 is 11.1. The van der Waals surface area contributed by atoms with Crippen LogP contribution in [0.25, 0.3) is 0 Å². The number of nitrogens with one attached hydrogen (secondary N) is 1. The molecule has 0 spiro atoms. The van der Waals surface area contributed by atoms with E-state index >= 15 is 0 Å². The summed E-state index contributed by atoms with van der Waals surface area (Å²) in [6, 6.07) is 15.8. The van der Waals surface area contributed by atoms with Gasteiger partial charge in [0.2, 0.25) is 0 Å². The summed E-state index contributed by atoms with van der Waals surface area (Å²) in [5, 5.41) is 13.7. The van der Waals surface area contributed by atoms with Crippen molar-refractivity contribution in [3.8, 4) is 11.5 Å². The minimum absolute atomic E-state index is 0.156. The van der Waals surface area contributed by atoms with E-state index in [0.717, 1.165) is 44.2 Å². The molecule has 2 N–H and O–H groups in total. The third kappa shape index (κ3) is 5.87. The van der Waals surface area contributed by atoms with E-state index in [1.807, 2.05) is 30.3 Å². The van der Waals surface area contributed by atoms with Gasteiger partial charge in [-0.2, -0.15) is 0 Å². The fourth-order valence-corrected chi connectivity index (χ4v) is 3.52. The number of rotatable bonds is 8. The number of phenolic OH excluding ortho intramolecular Hbond substituents is 1. The zero-order chi connectivity index (χ0) is 20.5. The first-order valence-electron chi connectivity index (χ1n) is 10.2. The first-order chi connectivity index (χ1) is 14.2. The first kappa shape index (κ1) is 21.0. The van der Waals surface area contributed by atoms with E-state index < -0.39 is 0 Å². The number of aromatic hydroxyl groups is 1. The van der Waals surface area contributed by atoms with Crippen LogP contribution < -0.4 is 10.1 Å². The average Bonchev–Trinajstić information content (AvgIpc) is 3.21. The monoisotopic (exact) mass is 397 g/mol. The van der Waals surface area contributed by atoms with Crippen molar-refractivity contribution < 1.29 is 14.6 Å². The predicted molar refractivity (Wildman–Crippen MR) is 115 cm³/mol. The molecule has 0 aliphatic carbocycles. The van der Waals surface area contributed by atoms with Gasteiger partial charge < -0.3 is 24.8 Å². The summed E-state index contributed by atoms with van der Waals surface area (Å²) in [6.07, 6.45) is 1.09. The summed E-state index contributed by atoms with van der Waals surface area (Å²) in [6.45, 7) is 6.54. The zero-order valence-corrected chi connectivity index (χ0v) is 17.3. The van der Waals surface area contributed by atoms with Gasteiger partial charge >= 0.3 is 0 Å². The largest absolute Gasteiger partial charge is 0.504 e. The molecule has 0 saturated carbocycles. The number of ether oxygens (including phenoxy) is 2. The molecule has 0 bridgehead atoms. The van der Waals surface area contributed by atoms with Crippen molar-refractivity contribution in [3.05, 3.63) is 59.7 Å². The van der Waals surface area contributed by atoms with E-state index in [1.54, 1.807) is 13.2 Å². The molecule has 2 aromatic carbocycles. The van der Waals surface area contributed by atoms with E-state index in [-0.39, 0.29) is 5.75 Å². The van der Waals surface area contributed by atoms with Crippen LogP contribution in [0.2, 0.25) is 0 Å². The lowest BCUT2D eigenvalue weighted by Gasteiger charge is -2.22. The first-order valence-corrected chi connectivity index (χ1v) is 10.2. The fourth-order valence-electron chi connectivity index (χ4n) is 3.52. The number of hydrogen-bond donors (Lipinski definition) is 2. The normalized spacial score (nSPS) is 16.8. The Morgan fingerprint density at radius 3 is 2.79 bits per heavy atom. The van der Waals surface area contributed by atoms with Crippen LogP contribution in [0, 0.1) is 5.92 Å². The zero-order valence-electron chi connectivity index (χ0n) is 17.3. The van der Waals surface area contributed by atoms with Crippen LogP contribution in [0.4, 0.5) is 0 Å². The molecule has 0 amide bonds. The fraction of sp³-hybridized carbons (Fsp3) is 0.435. The van der Waals surface area contributed by atoms with E-state index in [2.05, 4.69) is 29.3 Å². The summed E-state index contributed by atoms with van der Waals surface area (Å²) in [7, 11) is 1.55. The molecule has 6 heteroatoms. The van der Waals surface area contributed by atoms with Crippen LogP contribution >= 0.6 is 0 Å². The molecule has 6 nitrogen and oxygen atoms in total. The average molecular weight is 398 g/mol. The number of methoxy groups -OCH3 is 1. The number of nitrogens with zero attached hydrogens (tertiary/aromatic N) is 2. The highest BCUT2D eigenvalue weighted by molar-refractivity contribution is 5.80. The van der Waals surface area contributed by atoms with Crippen molar-refractivity contribution >= 4 is 5.96 Å². The molecule has 3 rings (SSSR count). The van der Waals surface area contributed by atoms with Crippen LogP contribution in [-0.2, 0) is 17.9 Å². The van der Waals surface area contributed by atoms with E-state index in [9.17, 15) is 5.11 Å². The Labute approximate surface area is 173 Å². The van der Waals surface area contributed by atoms with Crippen LogP contribution in [0.3, 0.4) is 0 Å². The molecule has 1 unspecified atom stereocenters. The number of phenols is 1. The molecule has 1 heterocycles. The molecular formula is C23H31N3O3. The van der Waals surface area contributed by atoms with Gasteiger partial charge in [0.1, 0.15) is 0 Å². The minimum atomic E-state index is 0.156. The third-order valence-corrected chi connectivity index (χ3v) is 5.09. The summed E-state index contributed by atoms with van der Waals surface area (Å²) >= 11 is 0. The smallest absolute Gasteiger partial charge is 0.194 e. The number of guanidine groups is 1. The predicted octanol–water partition coefficient (Wildman–Crippen LogP) is 3.41. The van der Waals surface area contributed by atoms with Crippen molar-refractivity contribution in [2.45, 2.75) is 26.5 Å². The van der Waals surface area contributed by atoms with Gasteiger partial charge in [-0.05, 0) is 25.0 Å². The molecule has 0 radical (unpaired) electrons. The van der Waals surface area contributed by atoms with Crippen LogP contribution in [-0.4, -0.2) is 49.3 Å². The highest BCUT2D eigenvalue weighted by atomic mass is 16.5. The maximum atomic E-state index is 10.3. The second-order valence-corrected chi connectivity index (χ2v) is 7.24. The number of hydrogen-bond acceptors (Lipinski definition) is 4. The lowest BCUT2D eigenvalue weighted by molar-refractivity contribution is 0.0906. The molecule has 1 saturated heterocycles. The van der Waals surface area contributed by atoms with Gasteiger partial charge in [0, 0.05) is 31.1 Å².